The van der Waals surface area contributed by atoms with Crippen LogP contribution in [0.3, 0.4) is 0 Å². The van der Waals surface area contributed by atoms with Gasteiger partial charge < -0.3 is 0 Å². The van der Waals surface area contributed by atoms with Crippen LogP contribution in [0, 0.1) is 6.57 Å². The van der Waals surface area contributed by atoms with Crippen LogP contribution >= 0.6 is 0 Å². The zero-order valence-corrected chi connectivity index (χ0v) is 6.88. The van der Waals surface area contributed by atoms with Gasteiger partial charge in [0.05, 0.1) is 18.5 Å². The number of hydrogen-bond donors (Lipinski definition) is 0. The van der Waals surface area contributed by atoms with Gasteiger partial charge in [-0.25, -0.2) is 4.85 Å². The molecule has 0 atom stereocenters. The lowest BCUT2D eigenvalue weighted by Crippen LogP contribution is -1.92. The first-order valence-electron chi connectivity index (χ1n) is 3.88. The van der Waals surface area contributed by atoms with E-state index in [2.05, 4.69) is 9.94 Å². The highest BCUT2D eigenvalue weighted by molar-refractivity contribution is 5.42. The smallest absolute Gasteiger partial charge is 0.224 e. The minimum atomic E-state index is 0.559. The number of benzene rings is 1. The Hall–Kier alpha value is -2.08. The molecule has 0 N–H and O–H groups in total. The van der Waals surface area contributed by atoms with Crippen LogP contribution in [-0.4, -0.2) is 9.78 Å². The molecule has 2 rings (SSSR count). The molecular weight excluding hydrogens is 162 g/mol. The van der Waals surface area contributed by atoms with E-state index in [1.807, 2.05) is 30.3 Å². The van der Waals surface area contributed by atoms with Crippen molar-refractivity contribution in [2.24, 2.45) is 0 Å². The Labute approximate surface area is 76.1 Å². The summed E-state index contributed by atoms with van der Waals surface area (Å²) < 4.78 is 1.69. The second-order valence-corrected chi connectivity index (χ2v) is 2.59. The minimum Gasteiger partial charge on any atom is -0.253 e. The van der Waals surface area contributed by atoms with Gasteiger partial charge in [0.2, 0.25) is 5.69 Å². The van der Waals surface area contributed by atoms with Crippen molar-refractivity contribution >= 4 is 5.69 Å². The Morgan fingerprint density at radius 3 is 2.62 bits per heavy atom. The van der Waals surface area contributed by atoms with Crippen LogP contribution in [0.2, 0.25) is 0 Å². The van der Waals surface area contributed by atoms with Gasteiger partial charge in [0.1, 0.15) is 0 Å². The van der Waals surface area contributed by atoms with E-state index in [0.29, 0.717) is 5.69 Å². The zero-order chi connectivity index (χ0) is 9.10. The maximum atomic E-state index is 6.79. The fraction of sp³-hybridized carbons (Fsp3) is 0. The van der Waals surface area contributed by atoms with Crippen molar-refractivity contribution in [3.63, 3.8) is 0 Å². The van der Waals surface area contributed by atoms with Gasteiger partial charge in [-0.3, -0.25) is 4.68 Å². The van der Waals surface area contributed by atoms with Crippen LogP contribution in [-0.2, 0) is 0 Å². The molecule has 0 bridgehead atoms. The second-order valence-electron chi connectivity index (χ2n) is 2.59. The van der Waals surface area contributed by atoms with Gasteiger partial charge in [0, 0.05) is 6.20 Å². The van der Waals surface area contributed by atoms with Gasteiger partial charge >= 0.3 is 0 Å². The van der Waals surface area contributed by atoms with Crippen LogP contribution in [0.4, 0.5) is 5.69 Å². The molecule has 1 aromatic carbocycles. The summed E-state index contributed by atoms with van der Waals surface area (Å²) in [6, 6.07) is 9.72. The van der Waals surface area contributed by atoms with Gasteiger partial charge in [-0.2, -0.15) is 5.10 Å². The molecule has 0 spiro atoms. The van der Waals surface area contributed by atoms with Gasteiger partial charge in [-0.05, 0) is 12.1 Å². The van der Waals surface area contributed by atoms with E-state index in [4.69, 9.17) is 6.57 Å². The third-order valence-corrected chi connectivity index (χ3v) is 1.72. The summed E-state index contributed by atoms with van der Waals surface area (Å²) in [7, 11) is 0. The van der Waals surface area contributed by atoms with E-state index >= 15 is 0 Å². The number of rotatable bonds is 1. The molecule has 0 fully saturated rings. The average molecular weight is 169 g/mol. The predicted molar refractivity (Wildman–Crippen MR) is 49.8 cm³/mol. The number of hydrogen-bond acceptors (Lipinski definition) is 1. The third kappa shape index (κ3) is 1.42. The molecule has 0 amide bonds. The first-order valence-corrected chi connectivity index (χ1v) is 3.88. The van der Waals surface area contributed by atoms with Crippen molar-refractivity contribution < 1.29 is 0 Å². The lowest BCUT2D eigenvalue weighted by atomic mass is 10.3. The maximum Gasteiger partial charge on any atom is 0.224 e. The SMILES string of the molecule is [C-]#[N+]c1cnn(-c2ccccc2)c1. The highest BCUT2D eigenvalue weighted by atomic mass is 15.3. The first kappa shape index (κ1) is 7.56. The van der Waals surface area contributed by atoms with Crippen LogP contribution in [0.1, 0.15) is 0 Å². The van der Waals surface area contributed by atoms with E-state index in [-0.39, 0.29) is 0 Å². The molecule has 0 aliphatic carbocycles. The molecule has 1 heterocycles. The monoisotopic (exact) mass is 169 g/mol. The molecule has 13 heavy (non-hydrogen) atoms. The zero-order valence-electron chi connectivity index (χ0n) is 6.88. The highest BCUT2D eigenvalue weighted by Gasteiger charge is 1.97. The van der Waals surface area contributed by atoms with Crippen molar-refractivity contribution in [3.05, 3.63) is 54.1 Å². The minimum absolute atomic E-state index is 0.559. The molecule has 2 aromatic rings. The quantitative estimate of drug-likeness (QED) is 0.601. The van der Waals surface area contributed by atoms with Gasteiger partial charge in [-0.15, -0.1) is 0 Å². The molecule has 0 saturated heterocycles. The van der Waals surface area contributed by atoms with E-state index in [9.17, 15) is 0 Å². The molecule has 0 aliphatic rings. The number of para-hydroxylation sites is 1. The molecule has 1 aromatic heterocycles. The molecule has 0 unspecified atom stereocenters. The van der Waals surface area contributed by atoms with Crippen molar-refractivity contribution in [1.82, 2.24) is 9.78 Å². The van der Waals surface area contributed by atoms with E-state index in [1.165, 1.54) is 0 Å². The Kier molecular flexibility index (Phi) is 1.81. The summed E-state index contributed by atoms with van der Waals surface area (Å²) in [6.07, 6.45) is 3.27. The Bertz CT molecular complexity index is 437. The van der Waals surface area contributed by atoms with Crippen molar-refractivity contribution in [1.29, 1.82) is 0 Å². The summed E-state index contributed by atoms with van der Waals surface area (Å²) >= 11 is 0. The van der Waals surface area contributed by atoms with Gasteiger partial charge in [0.25, 0.3) is 0 Å². The van der Waals surface area contributed by atoms with E-state index in [0.717, 1.165) is 5.69 Å². The summed E-state index contributed by atoms with van der Waals surface area (Å²) in [5.41, 5.74) is 1.53. The summed E-state index contributed by atoms with van der Waals surface area (Å²) in [5, 5.41) is 4.06. The van der Waals surface area contributed by atoms with Crippen molar-refractivity contribution in [2.45, 2.75) is 0 Å². The topological polar surface area (TPSA) is 22.2 Å². The van der Waals surface area contributed by atoms with E-state index in [1.54, 1.807) is 17.1 Å². The molecule has 62 valence electrons. The van der Waals surface area contributed by atoms with Crippen molar-refractivity contribution in [2.75, 3.05) is 0 Å². The largest absolute Gasteiger partial charge is 0.253 e. The molecule has 0 radical (unpaired) electrons. The predicted octanol–water partition coefficient (Wildman–Crippen LogP) is 2.42. The number of aromatic nitrogens is 2. The van der Waals surface area contributed by atoms with Crippen molar-refractivity contribution in [3.8, 4) is 5.69 Å². The van der Waals surface area contributed by atoms with Crippen LogP contribution in [0.5, 0.6) is 0 Å². The maximum absolute atomic E-state index is 6.79. The normalized spacial score (nSPS) is 9.46. The highest BCUT2D eigenvalue weighted by Crippen LogP contribution is 2.13. The standard InChI is InChI=1S/C10H7N3/c1-11-9-7-12-13(8-9)10-5-3-2-4-6-10/h2-8H. The fourth-order valence-electron chi connectivity index (χ4n) is 1.09. The lowest BCUT2D eigenvalue weighted by Gasteiger charge is -1.98. The third-order valence-electron chi connectivity index (χ3n) is 1.72. The molecular formula is C10H7N3. The number of nitrogens with zero attached hydrogens (tertiary/aromatic N) is 3. The summed E-state index contributed by atoms with van der Waals surface area (Å²) in [6.45, 7) is 6.79. The molecule has 0 aliphatic heterocycles. The summed E-state index contributed by atoms with van der Waals surface area (Å²) in [5.74, 6) is 0. The van der Waals surface area contributed by atoms with E-state index < -0.39 is 0 Å². The molecule has 3 heteroatoms. The van der Waals surface area contributed by atoms with Gasteiger partial charge in [0.15, 0.2) is 0 Å². The Balaban J connectivity index is 2.43. The average Bonchev–Trinajstić information content (AvgIpc) is 2.67. The van der Waals surface area contributed by atoms with Crippen LogP contribution in [0.25, 0.3) is 10.5 Å². The first-order chi connectivity index (χ1) is 6.40. The summed E-state index contributed by atoms with van der Waals surface area (Å²) in [4.78, 5) is 3.28. The Morgan fingerprint density at radius 2 is 2.00 bits per heavy atom. The molecule has 3 nitrogen and oxygen atoms in total. The van der Waals surface area contributed by atoms with Crippen LogP contribution < -0.4 is 0 Å². The second kappa shape index (κ2) is 3.11. The molecule has 0 saturated carbocycles. The lowest BCUT2D eigenvalue weighted by molar-refractivity contribution is 0.881. The van der Waals surface area contributed by atoms with Gasteiger partial charge in [-0.1, -0.05) is 18.2 Å². The fourth-order valence-corrected chi connectivity index (χ4v) is 1.09. The Morgan fingerprint density at radius 1 is 1.23 bits per heavy atom. The van der Waals surface area contributed by atoms with Crippen LogP contribution in [0.15, 0.2) is 42.7 Å².